The predicted molar refractivity (Wildman–Crippen MR) is 112 cm³/mol. The minimum atomic E-state index is -1.02. The summed E-state index contributed by atoms with van der Waals surface area (Å²) in [6.45, 7) is 7.41. The largest absolute Gasteiger partial charge is 0.486 e. The van der Waals surface area contributed by atoms with Crippen molar-refractivity contribution in [3.8, 4) is 11.5 Å². The quantitative estimate of drug-likeness (QED) is 0.765. The number of carbonyl (C=O) groups is 2. The molecule has 0 spiro atoms. The van der Waals surface area contributed by atoms with E-state index in [2.05, 4.69) is 31.4 Å². The molecule has 0 radical (unpaired) electrons. The third-order valence-corrected chi connectivity index (χ3v) is 5.43. The van der Waals surface area contributed by atoms with Crippen LogP contribution in [0.4, 0.5) is 11.4 Å². The number of hydrogen-bond donors (Lipinski definition) is 2. The van der Waals surface area contributed by atoms with Gasteiger partial charge in [-0.15, -0.1) is 0 Å². The summed E-state index contributed by atoms with van der Waals surface area (Å²) >= 11 is 0. The number of benzene rings is 2. The lowest BCUT2D eigenvalue weighted by Crippen LogP contribution is -2.35. The maximum Gasteiger partial charge on any atom is 0.240 e. The fourth-order valence-corrected chi connectivity index (χ4v) is 3.36. The number of fused-ring (bicyclic) bond motifs is 1. The van der Waals surface area contributed by atoms with Crippen LogP contribution < -0.4 is 20.1 Å². The van der Waals surface area contributed by atoms with Gasteiger partial charge in [0.25, 0.3) is 0 Å². The molecule has 2 amide bonds. The molecule has 1 aliphatic heterocycles. The Kier molecular flexibility index (Phi) is 4.73. The van der Waals surface area contributed by atoms with Crippen LogP contribution >= 0.6 is 0 Å². The molecular formula is C23H26N2O4. The van der Waals surface area contributed by atoms with E-state index < -0.39 is 5.41 Å². The number of anilines is 2. The highest BCUT2D eigenvalue weighted by Gasteiger charge is 2.56. The summed E-state index contributed by atoms with van der Waals surface area (Å²) in [4.78, 5) is 25.7. The number of amides is 2. The van der Waals surface area contributed by atoms with Crippen molar-refractivity contribution >= 4 is 23.2 Å². The maximum atomic E-state index is 12.8. The molecule has 0 aromatic heterocycles. The highest BCUT2D eigenvalue weighted by atomic mass is 16.6. The molecule has 6 nitrogen and oxygen atoms in total. The van der Waals surface area contributed by atoms with E-state index in [-0.39, 0.29) is 17.2 Å². The van der Waals surface area contributed by atoms with Gasteiger partial charge in [0, 0.05) is 17.4 Å². The molecule has 4 rings (SSSR count). The number of ether oxygens (including phenoxy) is 2. The molecule has 152 valence electrons. The van der Waals surface area contributed by atoms with Gasteiger partial charge in [0.2, 0.25) is 11.8 Å². The molecule has 29 heavy (non-hydrogen) atoms. The van der Waals surface area contributed by atoms with Gasteiger partial charge in [-0.3, -0.25) is 9.59 Å². The Labute approximate surface area is 170 Å². The molecule has 2 aliphatic rings. The van der Waals surface area contributed by atoms with Crippen molar-refractivity contribution in [3.63, 3.8) is 0 Å². The Balaban J connectivity index is 1.43. The number of carbonyl (C=O) groups excluding carboxylic acids is 2. The van der Waals surface area contributed by atoms with E-state index in [1.165, 1.54) is 5.56 Å². The minimum Gasteiger partial charge on any atom is -0.486 e. The second-order valence-electron chi connectivity index (χ2n) is 8.68. The molecule has 0 unspecified atom stereocenters. The lowest BCUT2D eigenvalue weighted by Gasteiger charge is -2.21. The third kappa shape index (κ3) is 3.92. The predicted octanol–water partition coefficient (Wildman–Crippen LogP) is 4.11. The van der Waals surface area contributed by atoms with E-state index >= 15 is 0 Å². The van der Waals surface area contributed by atoms with E-state index in [4.69, 9.17) is 9.47 Å². The fraction of sp³-hybridized carbons (Fsp3) is 0.391. The highest BCUT2D eigenvalue weighted by molar-refractivity contribution is 6.16. The zero-order valence-electron chi connectivity index (χ0n) is 17.0. The molecular weight excluding hydrogens is 368 g/mol. The molecule has 1 aliphatic carbocycles. The summed E-state index contributed by atoms with van der Waals surface area (Å²) in [6.07, 6.45) is 1.07. The van der Waals surface area contributed by atoms with Crippen LogP contribution in [0.25, 0.3) is 0 Å². The summed E-state index contributed by atoms with van der Waals surface area (Å²) in [5.41, 5.74) is 1.50. The van der Waals surface area contributed by atoms with E-state index in [9.17, 15) is 9.59 Å². The van der Waals surface area contributed by atoms with Crippen LogP contribution in [0.15, 0.2) is 42.5 Å². The minimum absolute atomic E-state index is 0.0454. The van der Waals surface area contributed by atoms with Gasteiger partial charge in [-0.1, -0.05) is 32.9 Å². The first-order valence-electron chi connectivity index (χ1n) is 9.91. The first kappa shape index (κ1) is 19.3. The molecule has 1 fully saturated rings. The van der Waals surface area contributed by atoms with Crippen LogP contribution in [0.3, 0.4) is 0 Å². The molecule has 1 heterocycles. The second-order valence-corrected chi connectivity index (χ2v) is 8.68. The van der Waals surface area contributed by atoms with Crippen molar-refractivity contribution in [2.24, 2.45) is 5.41 Å². The Morgan fingerprint density at radius 1 is 0.828 bits per heavy atom. The van der Waals surface area contributed by atoms with Gasteiger partial charge in [-0.05, 0) is 48.1 Å². The van der Waals surface area contributed by atoms with Crippen LogP contribution in [0.1, 0.15) is 39.2 Å². The molecule has 0 atom stereocenters. The van der Waals surface area contributed by atoms with E-state index in [1.54, 1.807) is 18.2 Å². The standard InChI is InChI=1S/C23H26N2O4/c1-22(2,3)15-4-6-16(7-5-15)24-20(26)23(10-11-23)21(27)25-17-8-9-18-19(14-17)29-13-12-28-18/h4-9,14H,10-13H2,1-3H3,(H,24,26)(H,25,27). The van der Waals surface area contributed by atoms with E-state index in [1.807, 2.05) is 24.3 Å². The molecule has 0 bridgehead atoms. The molecule has 2 N–H and O–H groups in total. The van der Waals surface area contributed by atoms with Gasteiger partial charge >= 0.3 is 0 Å². The summed E-state index contributed by atoms with van der Waals surface area (Å²) < 4.78 is 11.0. The Morgan fingerprint density at radius 3 is 1.97 bits per heavy atom. The summed E-state index contributed by atoms with van der Waals surface area (Å²) in [5, 5.41) is 5.75. The number of nitrogens with one attached hydrogen (secondary N) is 2. The van der Waals surface area contributed by atoms with Crippen LogP contribution in [-0.2, 0) is 15.0 Å². The lowest BCUT2D eigenvalue weighted by molar-refractivity contribution is -0.131. The van der Waals surface area contributed by atoms with Crippen molar-refractivity contribution in [3.05, 3.63) is 48.0 Å². The zero-order valence-corrected chi connectivity index (χ0v) is 17.0. The van der Waals surface area contributed by atoms with Crippen LogP contribution in [-0.4, -0.2) is 25.0 Å². The average Bonchev–Trinajstić information content (AvgIpc) is 3.50. The van der Waals surface area contributed by atoms with Crippen molar-refractivity contribution in [1.29, 1.82) is 0 Å². The highest BCUT2D eigenvalue weighted by Crippen LogP contribution is 2.48. The van der Waals surface area contributed by atoms with Crippen LogP contribution in [0, 0.1) is 5.41 Å². The SMILES string of the molecule is CC(C)(C)c1ccc(NC(=O)C2(C(=O)Nc3ccc4c(c3)OCCO4)CC2)cc1. The smallest absolute Gasteiger partial charge is 0.240 e. The van der Waals surface area contributed by atoms with Crippen molar-refractivity contribution in [1.82, 2.24) is 0 Å². The van der Waals surface area contributed by atoms with Gasteiger partial charge in [0.05, 0.1) is 0 Å². The Hall–Kier alpha value is -3.02. The maximum absolute atomic E-state index is 12.8. The monoisotopic (exact) mass is 394 g/mol. The van der Waals surface area contributed by atoms with Gasteiger partial charge in [-0.2, -0.15) is 0 Å². The zero-order chi connectivity index (χ0) is 20.6. The first-order chi connectivity index (χ1) is 13.8. The lowest BCUT2D eigenvalue weighted by atomic mass is 9.87. The summed E-state index contributed by atoms with van der Waals surface area (Å²) in [7, 11) is 0. The average molecular weight is 394 g/mol. The van der Waals surface area contributed by atoms with Crippen LogP contribution in [0.5, 0.6) is 11.5 Å². The molecule has 2 aromatic rings. The second kappa shape index (κ2) is 7.10. The van der Waals surface area contributed by atoms with Crippen molar-refractivity contribution in [2.45, 2.75) is 39.0 Å². The van der Waals surface area contributed by atoms with E-state index in [0.29, 0.717) is 48.9 Å². The summed E-state index contributed by atoms with van der Waals surface area (Å²) in [5.74, 6) is 0.697. The van der Waals surface area contributed by atoms with Crippen LogP contribution in [0.2, 0.25) is 0 Å². The fourth-order valence-electron chi connectivity index (χ4n) is 3.36. The topological polar surface area (TPSA) is 76.7 Å². The molecule has 6 heteroatoms. The third-order valence-electron chi connectivity index (χ3n) is 5.43. The molecule has 2 aromatic carbocycles. The molecule has 1 saturated carbocycles. The normalized spacial score (nSPS) is 16.7. The Morgan fingerprint density at radius 2 is 1.38 bits per heavy atom. The van der Waals surface area contributed by atoms with Gasteiger partial charge in [-0.25, -0.2) is 0 Å². The Bertz CT molecular complexity index is 940. The van der Waals surface area contributed by atoms with Gasteiger partial charge in [0.15, 0.2) is 11.5 Å². The summed E-state index contributed by atoms with van der Waals surface area (Å²) in [6, 6.07) is 13.0. The molecule has 0 saturated heterocycles. The number of hydrogen-bond acceptors (Lipinski definition) is 4. The van der Waals surface area contributed by atoms with Gasteiger partial charge in [0.1, 0.15) is 18.6 Å². The number of rotatable bonds is 4. The van der Waals surface area contributed by atoms with E-state index in [0.717, 1.165) is 0 Å². The van der Waals surface area contributed by atoms with Gasteiger partial charge < -0.3 is 20.1 Å². The first-order valence-corrected chi connectivity index (χ1v) is 9.91. The van der Waals surface area contributed by atoms with Crippen molar-refractivity contribution in [2.75, 3.05) is 23.8 Å². The van der Waals surface area contributed by atoms with Crippen molar-refractivity contribution < 1.29 is 19.1 Å².